The van der Waals surface area contributed by atoms with Gasteiger partial charge in [0.25, 0.3) is 0 Å². The quantitative estimate of drug-likeness (QED) is 0.594. The standard InChI is InChI=1S/C12H12F4N4O2/c13-7-1-2-10(14,6-5-19-9(18)20-8(6)17)12(16)11(7,15)21-3-4-22-12/h1-2,5,7H,3-4H2,(H4,17,18,19,20). The summed E-state index contributed by atoms with van der Waals surface area (Å²) < 4.78 is 68.2. The van der Waals surface area contributed by atoms with E-state index in [0.29, 0.717) is 12.2 Å². The maximum absolute atomic E-state index is 15.4. The van der Waals surface area contributed by atoms with Crippen LogP contribution in [0.5, 0.6) is 0 Å². The molecule has 1 saturated heterocycles. The van der Waals surface area contributed by atoms with Crippen LogP contribution in [0, 0.1) is 0 Å². The molecule has 0 spiro atoms. The molecule has 0 saturated carbocycles. The van der Waals surface area contributed by atoms with E-state index in [1.807, 2.05) is 0 Å². The smallest absolute Gasteiger partial charge is 0.314 e. The maximum Gasteiger partial charge on any atom is 0.314 e. The maximum atomic E-state index is 15.4. The summed E-state index contributed by atoms with van der Waals surface area (Å²) >= 11 is 0. The van der Waals surface area contributed by atoms with Crippen LogP contribution in [-0.4, -0.2) is 41.1 Å². The second-order valence-electron chi connectivity index (χ2n) is 4.94. The average molecular weight is 320 g/mol. The summed E-state index contributed by atoms with van der Waals surface area (Å²) in [5, 5.41) is 0. The summed E-state index contributed by atoms with van der Waals surface area (Å²) in [6, 6.07) is 0. The van der Waals surface area contributed by atoms with Crippen LogP contribution in [0.1, 0.15) is 5.56 Å². The van der Waals surface area contributed by atoms with E-state index in [1.54, 1.807) is 0 Å². The van der Waals surface area contributed by atoms with E-state index in [1.165, 1.54) is 0 Å². The van der Waals surface area contributed by atoms with Gasteiger partial charge in [0.2, 0.25) is 11.6 Å². The van der Waals surface area contributed by atoms with Gasteiger partial charge in [0.1, 0.15) is 5.82 Å². The molecule has 1 aliphatic carbocycles. The Labute approximate surface area is 122 Å². The Balaban J connectivity index is 2.22. The molecule has 1 aliphatic heterocycles. The topological polar surface area (TPSA) is 96.3 Å². The summed E-state index contributed by atoms with van der Waals surface area (Å²) in [5.41, 5.74) is 6.87. The Morgan fingerprint density at radius 2 is 1.86 bits per heavy atom. The highest BCUT2D eigenvalue weighted by Crippen LogP contribution is 2.57. The third-order valence-electron chi connectivity index (χ3n) is 3.68. The van der Waals surface area contributed by atoms with Gasteiger partial charge in [-0.25, -0.2) is 22.5 Å². The highest BCUT2D eigenvalue weighted by atomic mass is 19.2. The Hall–Kier alpha value is -1.94. The normalized spacial score (nSPS) is 41.2. The lowest BCUT2D eigenvalue weighted by atomic mass is 9.78. The van der Waals surface area contributed by atoms with Crippen LogP contribution in [0.15, 0.2) is 18.3 Å². The van der Waals surface area contributed by atoms with E-state index in [0.717, 1.165) is 6.20 Å². The molecule has 3 rings (SSSR count). The number of alkyl halides is 4. The first-order chi connectivity index (χ1) is 10.2. The Bertz CT molecular complexity index is 648. The predicted octanol–water partition coefficient (Wildman–Crippen LogP) is 1.09. The van der Waals surface area contributed by atoms with Crippen molar-refractivity contribution in [1.29, 1.82) is 0 Å². The van der Waals surface area contributed by atoms with E-state index in [4.69, 9.17) is 11.5 Å². The number of nitrogens with two attached hydrogens (primary N) is 2. The SMILES string of the molecule is Nc1ncc(C2(F)C=CC(F)C3(F)OCCOC23F)c(N)n1. The molecule has 4 atom stereocenters. The highest BCUT2D eigenvalue weighted by molar-refractivity contribution is 5.50. The summed E-state index contributed by atoms with van der Waals surface area (Å²) in [7, 11) is 0. The van der Waals surface area contributed by atoms with Gasteiger partial charge in [0.15, 0.2) is 6.17 Å². The number of aromatic nitrogens is 2. The van der Waals surface area contributed by atoms with Crippen LogP contribution in [-0.2, 0) is 15.1 Å². The summed E-state index contributed by atoms with van der Waals surface area (Å²) in [5.74, 6) is -8.26. The number of halogens is 4. The molecule has 6 nitrogen and oxygen atoms in total. The second-order valence-corrected chi connectivity index (χ2v) is 4.94. The van der Waals surface area contributed by atoms with Crippen LogP contribution >= 0.6 is 0 Å². The van der Waals surface area contributed by atoms with Crippen molar-refractivity contribution < 1.29 is 27.0 Å². The molecular formula is C12H12F4N4O2. The number of nitrogen functional groups attached to an aromatic ring is 2. The van der Waals surface area contributed by atoms with Gasteiger partial charge in [-0.05, 0) is 12.2 Å². The molecule has 1 aromatic heterocycles. The molecule has 120 valence electrons. The lowest BCUT2D eigenvalue weighted by Gasteiger charge is -2.50. The molecule has 0 bridgehead atoms. The number of hydrogen-bond donors (Lipinski definition) is 2. The van der Waals surface area contributed by atoms with E-state index in [-0.39, 0.29) is 5.95 Å². The van der Waals surface area contributed by atoms with Crippen molar-refractivity contribution in [3.8, 4) is 0 Å². The lowest BCUT2D eigenvalue weighted by Crippen LogP contribution is -2.69. The molecule has 2 aliphatic rings. The van der Waals surface area contributed by atoms with Gasteiger partial charge < -0.3 is 20.9 Å². The predicted molar refractivity (Wildman–Crippen MR) is 67.3 cm³/mol. The second kappa shape index (κ2) is 4.53. The summed E-state index contributed by atoms with van der Waals surface area (Å²) in [6.07, 6.45) is -0.782. The number of fused-ring (bicyclic) bond motifs is 1. The number of rotatable bonds is 1. The Morgan fingerprint density at radius 3 is 2.55 bits per heavy atom. The highest BCUT2D eigenvalue weighted by Gasteiger charge is 2.76. The van der Waals surface area contributed by atoms with E-state index in [9.17, 15) is 8.78 Å². The number of nitrogens with zero attached hydrogens (tertiary/aromatic N) is 2. The van der Waals surface area contributed by atoms with Gasteiger partial charge in [0.05, 0.1) is 18.8 Å². The van der Waals surface area contributed by atoms with Gasteiger partial charge in [-0.3, -0.25) is 0 Å². The van der Waals surface area contributed by atoms with Crippen molar-refractivity contribution in [2.45, 2.75) is 23.6 Å². The van der Waals surface area contributed by atoms with Crippen molar-refractivity contribution in [3.05, 3.63) is 23.9 Å². The summed E-state index contributed by atoms with van der Waals surface area (Å²) in [4.78, 5) is 7.00. The molecule has 1 fully saturated rings. The molecule has 4 N–H and O–H groups in total. The van der Waals surface area contributed by atoms with Gasteiger partial charge >= 0.3 is 11.7 Å². The number of ether oxygens (including phenoxy) is 2. The summed E-state index contributed by atoms with van der Waals surface area (Å²) in [6.45, 7) is -0.898. The zero-order valence-corrected chi connectivity index (χ0v) is 11.1. The van der Waals surface area contributed by atoms with Gasteiger partial charge in [0, 0.05) is 6.20 Å². The molecule has 2 heterocycles. The molecule has 22 heavy (non-hydrogen) atoms. The fourth-order valence-electron chi connectivity index (χ4n) is 2.57. The zero-order valence-electron chi connectivity index (χ0n) is 11.1. The van der Waals surface area contributed by atoms with Gasteiger partial charge in [-0.1, -0.05) is 0 Å². The number of anilines is 2. The van der Waals surface area contributed by atoms with Crippen LogP contribution < -0.4 is 11.5 Å². The van der Waals surface area contributed by atoms with Crippen molar-refractivity contribution in [1.82, 2.24) is 9.97 Å². The van der Waals surface area contributed by atoms with E-state index in [2.05, 4.69) is 19.4 Å². The minimum atomic E-state index is -3.79. The monoisotopic (exact) mass is 320 g/mol. The minimum Gasteiger partial charge on any atom is -0.383 e. The Morgan fingerprint density at radius 1 is 1.18 bits per heavy atom. The minimum absolute atomic E-state index is 0.284. The van der Waals surface area contributed by atoms with Crippen LogP contribution in [0.3, 0.4) is 0 Å². The fourth-order valence-corrected chi connectivity index (χ4v) is 2.57. The van der Waals surface area contributed by atoms with Crippen molar-refractivity contribution in [3.63, 3.8) is 0 Å². The van der Waals surface area contributed by atoms with Crippen molar-refractivity contribution >= 4 is 11.8 Å². The van der Waals surface area contributed by atoms with Crippen LogP contribution in [0.4, 0.5) is 29.3 Å². The van der Waals surface area contributed by atoms with E-state index >= 15 is 8.78 Å². The molecular weight excluding hydrogens is 308 g/mol. The van der Waals surface area contributed by atoms with Gasteiger partial charge in [-0.2, -0.15) is 4.98 Å². The third kappa shape index (κ3) is 1.67. The van der Waals surface area contributed by atoms with Crippen molar-refractivity contribution in [2.24, 2.45) is 0 Å². The molecule has 1 aromatic rings. The lowest BCUT2D eigenvalue weighted by molar-refractivity contribution is -0.411. The fraction of sp³-hybridized carbons (Fsp3) is 0.500. The zero-order chi connectivity index (χ0) is 16.2. The molecule has 0 radical (unpaired) electrons. The largest absolute Gasteiger partial charge is 0.383 e. The molecule has 4 unspecified atom stereocenters. The first-order valence-corrected chi connectivity index (χ1v) is 6.31. The van der Waals surface area contributed by atoms with Crippen LogP contribution in [0.25, 0.3) is 0 Å². The molecule has 10 heteroatoms. The van der Waals surface area contributed by atoms with E-state index < -0.39 is 48.1 Å². The van der Waals surface area contributed by atoms with Crippen LogP contribution in [0.2, 0.25) is 0 Å². The average Bonchev–Trinajstić information content (AvgIpc) is 2.46. The Kier molecular flexibility index (Phi) is 3.08. The third-order valence-corrected chi connectivity index (χ3v) is 3.68. The van der Waals surface area contributed by atoms with Gasteiger partial charge in [-0.15, -0.1) is 0 Å². The van der Waals surface area contributed by atoms with Crippen molar-refractivity contribution in [2.75, 3.05) is 24.7 Å². The molecule has 0 amide bonds. The first-order valence-electron chi connectivity index (χ1n) is 6.31. The first kappa shape index (κ1) is 15.0. The molecule has 0 aromatic carbocycles. The number of hydrogen-bond acceptors (Lipinski definition) is 6.